The third-order valence-corrected chi connectivity index (χ3v) is 3.89. The Bertz CT molecular complexity index is 604. The summed E-state index contributed by atoms with van der Waals surface area (Å²) < 4.78 is 5.34. The molecule has 1 aliphatic heterocycles. The first kappa shape index (κ1) is 14.5. The number of anilines is 1. The van der Waals surface area contributed by atoms with Crippen LogP contribution in [0.1, 0.15) is 5.76 Å². The average Bonchev–Trinajstić information content (AvgIpc) is 3.07. The van der Waals surface area contributed by atoms with Crippen molar-refractivity contribution in [2.75, 3.05) is 37.6 Å². The van der Waals surface area contributed by atoms with Crippen LogP contribution < -0.4 is 4.90 Å². The Kier molecular flexibility index (Phi) is 4.34. The minimum atomic E-state index is -0.427. The van der Waals surface area contributed by atoms with Crippen molar-refractivity contribution < 1.29 is 9.34 Å². The summed E-state index contributed by atoms with van der Waals surface area (Å²) in [5, 5.41) is 10.6. The van der Waals surface area contributed by atoms with Crippen molar-refractivity contribution in [2.24, 2.45) is 0 Å². The molecular formula is C15H18N4O3. The number of piperazine rings is 1. The molecule has 3 rings (SSSR count). The molecule has 0 saturated carbocycles. The van der Waals surface area contributed by atoms with E-state index >= 15 is 0 Å². The van der Waals surface area contributed by atoms with Crippen molar-refractivity contribution >= 4 is 11.5 Å². The van der Waals surface area contributed by atoms with Crippen molar-refractivity contribution in [1.82, 2.24) is 9.88 Å². The Morgan fingerprint density at radius 3 is 2.64 bits per heavy atom. The van der Waals surface area contributed by atoms with Crippen LogP contribution in [-0.2, 0) is 6.42 Å². The normalized spacial score (nSPS) is 15.9. The van der Waals surface area contributed by atoms with Gasteiger partial charge >= 0.3 is 0 Å². The lowest BCUT2D eigenvalue weighted by Gasteiger charge is -2.35. The van der Waals surface area contributed by atoms with Crippen LogP contribution in [0.3, 0.4) is 0 Å². The van der Waals surface area contributed by atoms with E-state index in [0.717, 1.165) is 50.7 Å². The fourth-order valence-corrected chi connectivity index (χ4v) is 2.60. The van der Waals surface area contributed by atoms with Gasteiger partial charge in [-0.2, -0.15) is 0 Å². The smallest absolute Gasteiger partial charge is 0.287 e. The van der Waals surface area contributed by atoms with Gasteiger partial charge in [-0.1, -0.05) is 0 Å². The van der Waals surface area contributed by atoms with Crippen LogP contribution in [-0.4, -0.2) is 47.5 Å². The Morgan fingerprint density at radius 2 is 2.05 bits per heavy atom. The van der Waals surface area contributed by atoms with Gasteiger partial charge in [0.05, 0.1) is 11.2 Å². The Labute approximate surface area is 128 Å². The molecule has 0 spiro atoms. The Hall–Kier alpha value is -2.41. The van der Waals surface area contributed by atoms with Gasteiger partial charge in [0, 0.05) is 45.2 Å². The van der Waals surface area contributed by atoms with E-state index in [1.54, 1.807) is 12.3 Å². The van der Waals surface area contributed by atoms with Crippen LogP contribution in [0.5, 0.6) is 0 Å². The molecule has 0 amide bonds. The fourth-order valence-electron chi connectivity index (χ4n) is 2.60. The zero-order chi connectivity index (χ0) is 15.4. The molecule has 0 radical (unpaired) electrons. The summed E-state index contributed by atoms with van der Waals surface area (Å²) >= 11 is 0. The molecule has 1 aliphatic rings. The van der Waals surface area contributed by atoms with Crippen molar-refractivity contribution in [1.29, 1.82) is 0 Å². The molecule has 3 heterocycles. The number of rotatable bonds is 5. The zero-order valence-electron chi connectivity index (χ0n) is 12.2. The van der Waals surface area contributed by atoms with E-state index in [-0.39, 0.29) is 5.69 Å². The summed E-state index contributed by atoms with van der Waals surface area (Å²) in [5.74, 6) is 1.82. The molecule has 7 nitrogen and oxygen atoms in total. The number of nitro groups is 1. The van der Waals surface area contributed by atoms with Gasteiger partial charge in [-0.3, -0.25) is 15.0 Å². The van der Waals surface area contributed by atoms with Crippen molar-refractivity contribution in [2.45, 2.75) is 6.42 Å². The van der Waals surface area contributed by atoms with Gasteiger partial charge in [0.25, 0.3) is 5.69 Å². The van der Waals surface area contributed by atoms with E-state index in [4.69, 9.17) is 4.42 Å². The largest absolute Gasteiger partial charge is 0.469 e. The molecule has 1 fully saturated rings. The predicted molar refractivity (Wildman–Crippen MR) is 82.0 cm³/mol. The van der Waals surface area contributed by atoms with Gasteiger partial charge in [-0.15, -0.1) is 0 Å². The lowest BCUT2D eigenvalue weighted by Crippen LogP contribution is -2.47. The van der Waals surface area contributed by atoms with Gasteiger partial charge < -0.3 is 9.32 Å². The van der Waals surface area contributed by atoms with Gasteiger partial charge in [0.1, 0.15) is 17.8 Å². The van der Waals surface area contributed by atoms with E-state index in [2.05, 4.69) is 14.8 Å². The van der Waals surface area contributed by atoms with Crippen LogP contribution in [0.4, 0.5) is 11.5 Å². The molecule has 0 aromatic carbocycles. The topological polar surface area (TPSA) is 75.7 Å². The lowest BCUT2D eigenvalue weighted by molar-refractivity contribution is -0.385. The molecule has 116 valence electrons. The first-order chi connectivity index (χ1) is 10.7. The summed E-state index contributed by atoms with van der Waals surface area (Å²) in [4.78, 5) is 19.0. The SMILES string of the molecule is O=[N+]([O-])c1ccc(N2CCN(CCc3ccco3)CC2)nc1. The van der Waals surface area contributed by atoms with Crippen LogP contribution in [0.25, 0.3) is 0 Å². The summed E-state index contributed by atoms with van der Waals surface area (Å²) in [6.07, 6.45) is 3.94. The minimum absolute atomic E-state index is 0.0285. The first-order valence-electron chi connectivity index (χ1n) is 7.32. The van der Waals surface area contributed by atoms with E-state index in [1.165, 1.54) is 12.3 Å². The number of hydrogen-bond acceptors (Lipinski definition) is 6. The molecule has 22 heavy (non-hydrogen) atoms. The van der Waals surface area contributed by atoms with Crippen LogP contribution in [0.2, 0.25) is 0 Å². The maximum absolute atomic E-state index is 10.6. The van der Waals surface area contributed by atoms with Gasteiger partial charge in [-0.05, 0) is 18.2 Å². The number of hydrogen-bond donors (Lipinski definition) is 0. The standard InChI is InChI=1S/C15H18N4O3/c20-19(21)13-3-4-15(16-12-13)18-9-7-17(8-10-18)6-5-14-2-1-11-22-14/h1-4,11-12H,5-10H2. The van der Waals surface area contributed by atoms with Crippen molar-refractivity contribution in [3.8, 4) is 0 Å². The van der Waals surface area contributed by atoms with Crippen molar-refractivity contribution in [3.63, 3.8) is 0 Å². The molecular weight excluding hydrogens is 284 g/mol. The fraction of sp³-hybridized carbons (Fsp3) is 0.400. The van der Waals surface area contributed by atoms with E-state index in [0.29, 0.717) is 0 Å². The van der Waals surface area contributed by atoms with E-state index in [1.807, 2.05) is 12.1 Å². The van der Waals surface area contributed by atoms with Crippen LogP contribution in [0, 0.1) is 10.1 Å². The predicted octanol–water partition coefficient (Wildman–Crippen LogP) is 1.95. The molecule has 0 bridgehead atoms. The molecule has 1 saturated heterocycles. The second-order valence-corrected chi connectivity index (χ2v) is 5.29. The highest BCUT2D eigenvalue weighted by atomic mass is 16.6. The quantitative estimate of drug-likeness (QED) is 0.620. The monoisotopic (exact) mass is 302 g/mol. The highest BCUT2D eigenvalue weighted by Gasteiger charge is 2.18. The Balaban J connectivity index is 1.49. The summed E-state index contributed by atoms with van der Waals surface area (Å²) in [6, 6.07) is 7.13. The van der Waals surface area contributed by atoms with Crippen LogP contribution in [0.15, 0.2) is 41.1 Å². The van der Waals surface area contributed by atoms with Crippen molar-refractivity contribution in [3.05, 3.63) is 52.6 Å². The highest BCUT2D eigenvalue weighted by Crippen LogP contribution is 2.17. The molecule has 0 atom stereocenters. The molecule has 7 heteroatoms. The average molecular weight is 302 g/mol. The van der Waals surface area contributed by atoms with Gasteiger partial charge in [0.15, 0.2) is 0 Å². The number of aromatic nitrogens is 1. The number of nitrogens with zero attached hydrogens (tertiary/aromatic N) is 4. The second-order valence-electron chi connectivity index (χ2n) is 5.29. The Morgan fingerprint density at radius 1 is 1.23 bits per heavy atom. The second kappa shape index (κ2) is 6.57. The molecule has 0 aliphatic carbocycles. The molecule has 2 aromatic rings. The third-order valence-electron chi connectivity index (χ3n) is 3.89. The maximum Gasteiger partial charge on any atom is 0.287 e. The summed E-state index contributed by atoms with van der Waals surface area (Å²) in [7, 11) is 0. The molecule has 0 unspecified atom stereocenters. The summed E-state index contributed by atoms with van der Waals surface area (Å²) in [6.45, 7) is 4.65. The highest BCUT2D eigenvalue weighted by molar-refractivity contribution is 5.43. The lowest BCUT2D eigenvalue weighted by atomic mass is 10.2. The van der Waals surface area contributed by atoms with Gasteiger partial charge in [0.2, 0.25) is 0 Å². The maximum atomic E-state index is 10.6. The molecule has 0 N–H and O–H groups in total. The minimum Gasteiger partial charge on any atom is -0.469 e. The number of furan rings is 1. The first-order valence-corrected chi connectivity index (χ1v) is 7.32. The number of pyridine rings is 1. The third kappa shape index (κ3) is 3.43. The zero-order valence-corrected chi connectivity index (χ0v) is 12.2. The van der Waals surface area contributed by atoms with Crippen LogP contribution >= 0.6 is 0 Å². The van der Waals surface area contributed by atoms with E-state index < -0.39 is 4.92 Å². The van der Waals surface area contributed by atoms with Gasteiger partial charge in [-0.25, -0.2) is 4.98 Å². The molecule has 2 aromatic heterocycles. The summed E-state index contributed by atoms with van der Waals surface area (Å²) in [5.41, 5.74) is 0.0285. The van der Waals surface area contributed by atoms with E-state index in [9.17, 15) is 10.1 Å².